The molecule has 0 unspecified atom stereocenters. The van der Waals surface area contributed by atoms with Gasteiger partial charge < -0.3 is 15.6 Å². The van der Waals surface area contributed by atoms with Gasteiger partial charge in [-0.3, -0.25) is 9.59 Å². The number of hydrogen-bond acceptors (Lipinski definition) is 6. The molecule has 2 amide bonds. The molecule has 4 rings (SSSR count). The molecule has 1 atom stereocenters. The Bertz CT molecular complexity index is 916. The first-order valence-electron chi connectivity index (χ1n) is 9.78. The molecule has 9 heteroatoms. The second-order valence-electron chi connectivity index (χ2n) is 7.62. The van der Waals surface area contributed by atoms with Gasteiger partial charge in [0, 0.05) is 17.3 Å². The van der Waals surface area contributed by atoms with Crippen LogP contribution in [-0.4, -0.2) is 32.3 Å². The summed E-state index contributed by atoms with van der Waals surface area (Å²) < 4.78 is 2.09. The van der Waals surface area contributed by atoms with Crippen molar-refractivity contribution in [1.29, 1.82) is 0 Å². The van der Waals surface area contributed by atoms with E-state index in [4.69, 9.17) is 5.73 Å². The van der Waals surface area contributed by atoms with Crippen LogP contribution in [0.4, 0.5) is 5.00 Å². The average Bonchev–Trinajstić information content (AvgIpc) is 3.31. The number of carbonyl (C=O) groups excluding carboxylic acids is 2. The van der Waals surface area contributed by atoms with E-state index in [1.54, 1.807) is 0 Å². The molecule has 0 radical (unpaired) electrons. The molecule has 150 valence electrons. The van der Waals surface area contributed by atoms with E-state index in [1.807, 2.05) is 0 Å². The summed E-state index contributed by atoms with van der Waals surface area (Å²) in [5, 5.41) is 12.8. The van der Waals surface area contributed by atoms with Crippen LogP contribution in [0.3, 0.4) is 0 Å². The number of rotatable bonds is 7. The Morgan fingerprint density at radius 2 is 2.11 bits per heavy atom. The van der Waals surface area contributed by atoms with Crippen molar-refractivity contribution in [3.8, 4) is 0 Å². The summed E-state index contributed by atoms with van der Waals surface area (Å²) in [5.74, 6) is 1.75. The lowest BCUT2D eigenvalue weighted by molar-refractivity contribution is -0.113. The minimum Gasteiger partial charge on any atom is -0.365 e. The first-order chi connectivity index (χ1) is 13.5. The van der Waals surface area contributed by atoms with Crippen LogP contribution < -0.4 is 11.1 Å². The highest BCUT2D eigenvalue weighted by molar-refractivity contribution is 7.99. The van der Waals surface area contributed by atoms with Crippen LogP contribution in [0.2, 0.25) is 0 Å². The first-order valence-corrected chi connectivity index (χ1v) is 11.6. The van der Waals surface area contributed by atoms with Gasteiger partial charge in [-0.2, -0.15) is 0 Å². The van der Waals surface area contributed by atoms with Crippen LogP contribution in [0, 0.1) is 5.92 Å². The highest BCUT2D eigenvalue weighted by Crippen LogP contribution is 2.41. The maximum atomic E-state index is 12.6. The van der Waals surface area contributed by atoms with Crippen molar-refractivity contribution in [2.45, 2.75) is 63.6 Å². The van der Waals surface area contributed by atoms with Gasteiger partial charge in [-0.25, -0.2) is 0 Å². The molecule has 1 saturated carbocycles. The van der Waals surface area contributed by atoms with Gasteiger partial charge in [0.2, 0.25) is 5.91 Å². The molecular formula is C19H25N5O2S2. The summed E-state index contributed by atoms with van der Waals surface area (Å²) in [7, 11) is 0. The molecule has 2 heterocycles. The maximum absolute atomic E-state index is 12.6. The number of nitrogens with one attached hydrogen (secondary N) is 1. The third-order valence-electron chi connectivity index (χ3n) is 5.35. The summed E-state index contributed by atoms with van der Waals surface area (Å²) >= 11 is 2.87. The van der Waals surface area contributed by atoms with E-state index in [1.165, 1.54) is 40.8 Å². The Hall–Kier alpha value is -1.87. The normalized spacial score (nSPS) is 18.7. The van der Waals surface area contributed by atoms with Gasteiger partial charge in [0.25, 0.3) is 5.91 Å². The summed E-state index contributed by atoms with van der Waals surface area (Å²) in [6.45, 7) is 5.07. The third kappa shape index (κ3) is 3.82. The van der Waals surface area contributed by atoms with E-state index < -0.39 is 5.91 Å². The van der Waals surface area contributed by atoms with Gasteiger partial charge in [-0.1, -0.05) is 18.7 Å². The van der Waals surface area contributed by atoms with E-state index >= 15 is 0 Å². The molecule has 0 spiro atoms. The van der Waals surface area contributed by atoms with E-state index in [2.05, 4.69) is 33.9 Å². The fraction of sp³-hybridized carbons (Fsp3) is 0.579. The molecular weight excluding hydrogens is 394 g/mol. The average molecular weight is 420 g/mol. The molecule has 28 heavy (non-hydrogen) atoms. The number of thioether (sulfide) groups is 1. The Morgan fingerprint density at radius 3 is 2.79 bits per heavy atom. The summed E-state index contributed by atoms with van der Waals surface area (Å²) in [6, 6.07) is 0. The smallest absolute Gasteiger partial charge is 0.251 e. The van der Waals surface area contributed by atoms with Gasteiger partial charge in [0.05, 0.1) is 11.3 Å². The lowest BCUT2D eigenvalue weighted by Gasteiger charge is -2.18. The number of thiophene rings is 1. The van der Waals surface area contributed by atoms with Crippen molar-refractivity contribution < 1.29 is 9.59 Å². The van der Waals surface area contributed by atoms with Gasteiger partial charge >= 0.3 is 0 Å². The highest BCUT2D eigenvalue weighted by atomic mass is 32.2. The van der Waals surface area contributed by atoms with Crippen molar-refractivity contribution in [1.82, 2.24) is 14.8 Å². The topological polar surface area (TPSA) is 103 Å². The minimum absolute atomic E-state index is 0.155. The lowest BCUT2D eigenvalue weighted by Crippen LogP contribution is -2.20. The van der Waals surface area contributed by atoms with E-state index in [0.29, 0.717) is 22.4 Å². The second kappa shape index (κ2) is 7.87. The number of anilines is 1. The molecule has 7 nitrogen and oxygen atoms in total. The molecule has 1 fully saturated rings. The third-order valence-corrected chi connectivity index (χ3v) is 7.48. The van der Waals surface area contributed by atoms with Crippen molar-refractivity contribution in [3.63, 3.8) is 0 Å². The number of carbonyl (C=O) groups is 2. The summed E-state index contributed by atoms with van der Waals surface area (Å²) in [6.07, 6.45) is 5.17. The van der Waals surface area contributed by atoms with Crippen molar-refractivity contribution in [2.75, 3.05) is 11.1 Å². The van der Waals surface area contributed by atoms with Crippen LogP contribution in [0.25, 0.3) is 0 Å². The van der Waals surface area contributed by atoms with Crippen molar-refractivity contribution >= 4 is 39.9 Å². The van der Waals surface area contributed by atoms with Gasteiger partial charge in [0.15, 0.2) is 5.16 Å². The lowest BCUT2D eigenvalue weighted by atomic mass is 9.88. The largest absolute Gasteiger partial charge is 0.365 e. The highest BCUT2D eigenvalue weighted by Gasteiger charge is 2.30. The molecule has 2 aromatic heterocycles. The van der Waals surface area contributed by atoms with Gasteiger partial charge in [-0.15, -0.1) is 21.5 Å². The van der Waals surface area contributed by atoms with Gasteiger partial charge in [0.1, 0.15) is 10.8 Å². The SMILES string of the molecule is CCn1c(SCC(=O)Nc2sc3c(c2C(N)=O)CC[C@@H](C)C3)nnc1C1CC1. The van der Waals surface area contributed by atoms with Crippen molar-refractivity contribution in [3.05, 3.63) is 21.8 Å². The van der Waals surface area contributed by atoms with Crippen LogP contribution in [0.5, 0.6) is 0 Å². The van der Waals surface area contributed by atoms with Crippen LogP contribution >= 0.6 is 23.1 Å². The van der Waals surface area contributed by atoms with Crippen LogP contribution in [-0.2, 0) is 24.2 Å². The molecule has 0 aromatic carbocycles. The number of primary amides is 1. The number of aromatic nitrogens is 3. The summed E-state index contributed by atoms with van der Waals surface area (Å²) in [4.78, 5) is 25.7. The first kappa shape index (κ1) is 19.4. The Balaban J connectivity index is 1.45. The number of amides is 2. The zero-order valence-electron chi connectivity index (χ0n) is 16.2. The van der Waals surface area contributed by atoms with Gasteiger partial charge in [-0.05, 0) is 50.5 Å². The Labute approximate surface area is 172 Å². The predicted octanol–water partition coefficient (Wildman–Crippen LogP) is 3.19. The number of hydrogen-bond donors (Lipinski definition) is 2. The van der Waals surface area contributed by atoms with E-state index in [0.717, 1.165) is 42.4 Å². The molecule has 0 bridgehead atoms. The number of fused-ring (bicyclic) bond motifs is 1. The number of nitrogens with zero attached hydrogens (tertiary/aromatic N) is 3. The summed E-state index contributed by atoms with van der Waals surface area (Å²) in [5.41, 5.74) is 7.15. The van der Waals surface area contributed by atoms with E-state index in [-0.39, 0.29) is 11.7 Å². The number of nitrogens with two attached hydrogens (primary N) is 1. The quantitative estimate of drug-likeness (QED) is 0.671. The standard InChI is InChI=1S/C19H25N5O2S2/c1-3-24-17(11-5-6-11)22-23-19(24)27-9-14(25)21-18-15(16(20)26)12-7-4-10(2)8-13(12)28-18/h10-11H,3-9H2,1-2H3,(H2,20,26)(H,21,25)/t10-/m1/s1. The van der Waals surface area contributed by atoms with Crippen LogP contribution in [0.1, 0.15) is 65.7 Å². The van der Waals surface area contributed by atoms with Crippen LogP contribution in [0.15, 0.2) is 5.16 Å². The van der Waals surface area contributed by atoms with E-state index in [9.17, 15) is 9.59 Å². The Kier molecular flexibility index (Phi) is 5.46. The molecule has 3 N–H and O–H groups in total. The molecule has 2 aliphatic carbocycles. The second-order valence-corrected chi connectivity index (χ2v) is 9.66. The fourth-order valence-corrected chi connectivity index (χ4v) is 5.98. The zero-order chi connectivity index (χ0) is 19.8. The zero-order valence-corrected chi connectivity index (χ0v) is 17.8. The Morgan fingerprint density at radius 1 is 1.32 bits per heavy atom. The predicted molar refractivity (Wildman–Crippen MR) is 111 cm³/mol. The fourth-order valence-electron chi connectivity index (χ4n) is 3.74. The maximum Gasteiger partial charge on any atom is 0.251 e. The van der Waals surface area contributed by atoms with Crippen molar-refractivity contribution in [2.24, 2.45) is 11.7 Å². The monoisotopic (exact) mass is 419 g/mol. The molecule has 0 aliphatic heterocycles. The molecule has 2 aromatic rings. The molecule has 2 aliphatic rings. The molecule has 0 saturated heterocycles. The minimum atomic E-state index is -0.463.